The van der Waals surface area contributed by atoms with Gasteiger partial charge in [-0.15, -0.1) is 0 Å². The lowest BCUT2D eigenvalue weighted by molar-refractivity contribution is 0.102. The summed E-state index contributed by atoms with van der Waals surface area (Å²) in [6, 6.07) is 18.1. The number of piperazine rings is 1. The van der Waals surface area contributed by atoms with E-state index in [1.165, 1.54) is 11.6 Å². The molecule has 9 nitrogen and oxygen atoms in total. The molecule has 4 heterocycles. The van der Waals surface area contributed by atoms with E-state index in [4.69, 9.17) is 15.5 Å². The van der Waals surface area contributed by atoms with Gasteiger partial charge in [-0.3, -0.25) is 4.79 Å². The van der Waals surface area contributed by atoms with Crippen LogP contribution in [0.5, 0.6) is 5.75 Å². The summed E-state index contributed by atoms with van der Waals surface area (Å²) < 4.78 is 5.16. The van der Waals surface area contributed by atoms with Crippen LogP contribution in [-0.2, 0) is 0 Å². The Morgan fingerprint density at radius 1 is 1.00 bits per heavy atom. The molecule has 2 aromatic carbocycles. The molecule has 0 saturated carbocycles. The van der Waals surface area contributed by atoms with Gasteiger partial charge in [-0.25, -0.2) is 9.97 Å². The highest BCUT2D eigenvalue weighted by Crippen LogP contribution is 2.35. The quantitative estimate of drug-likeness (QED) is 0.444. The molecule has 2 atom stereocenters. The van der Waals surface area contributed by atoms with Gasteiger partial charge < -0.3 is 25.6 Å². The Morgan fingerprint density at radius 3 is 2.42 bits per heavy atom. The van der Waals surface area contributed by atoms with E-state index in [2.05, 4.69) is 49.4 Å². The molecule has 0 aliphatic carbocycles. The molecule has 1 amide bonds. The van der Waals surface area contributed by atoms with E-state index in [0.29, 0.717) is 17.4 Å². The van der Waals surface area contributed by atoms with Gasteiger partial charge in [-0.05, 0) is 48.6 Å². The molecule has 9 heteroatoms. The van der Waals surface area contributed by atoms with E-state index in [-0.39, 0.29) is 29.4 Å². The summed E-state index contributed by atoms with van der Waals surface area (Å²) in [7, 11) is 1.60. The summed E-state index contributed by atoms with van der Waals surface area (Å²) in [6.45, 7) is 1.68. The number of hydrogen-bond acceptors (Lipinski definition) is 8. The molecule has 2 unspecified atom stereocenters. The van der Waals surface area contributed by atoms with Gasteiger partial charge in [0.05, 0.1) is 7.11 Å². The number of anilines is 4. The third kappa shape index (κ3) is 4.02. The maximum absolute atomic E-state index is 12.8. The molecule has 2 aromatic heterocycles. The van der Waals surface area contributed by atoms with Gasteiger partial charge in [0.15, 0.2) is 0 Å². The van der Waals surface area contributed by atoms with Crippen molar-refractivity contribution in [3.05, 3.63) is 72.6 Å². The van der Waals surface area contributed by atoms with Crippen molar-refractivity contribution in [3.8, 4) is 5.75 Å². The first kappa shape index (κ1) is 22.1. The Hall–Kier alpha value is -4.40. The highest BCUT2D eigenvalue weighted by molar-refractivity contribution is 6.07. The molecule has 6 rings (SSSR count). The number of amides is 1. The fourth-order valence-corrected chi connectivity index (χ4v) is 5.22. The van der Waals surface area contributed by atoms with E-state index in [1.54, 1.807) is 31.4 Å². The standard InChI is InChI=1S/C27H27N7O2/c1-36-22-10-6-19(7-11-22)31-26(35)23-14-30-27(32-25(23)28)34-20-8-9-21(34)16-33(15-20)24-12-17-4-2-3-5-18(17)13-29-24/h2-7,10-14,20-21H,8-9,15-16H2,1H3,(H,31,35)(H2,28,30,32). The molecule has 2 bridgehead atoms. The largest absolute Gasteiger partial charge is 0.497 e. The van der Waals surface area contributed by atoms with E-state index >= 15 is 0 Å². The number of rotatable bonds is 5. The van der Waals surface area contributed by atoms with Crippen LogP contribution in [-0.4, -0.2) is 53.1 Å². The smallest absolute Gasteiger partial charge is 0.260 e. The zero-order valence-corrected chi connectivity index (χ0v) is 20.0. The van der Waals surface area contributed by atoms with Gasteiger partial charge in [0.1, 0.15) is 22.9 Å². The maximum Gasteiger partial charge on any atom is 0.260 e. The Balaban J connectivity index is 1.18. The van der Waals surface area contributed by atoms with Gasteiger partial charge in [0, 0.05) is 48.6 Å². The van der Waals surface area contributed by atoms with Crippen molar-refractivity contribution in [1.82, 2.24) is 15.0 Å². The van der Waals surface area contributed by atoms with Crippen molar-refractivity contribution in [2.24, 2.45) is 0 Å². The fraction of sp³-hybridized carbons (Fsp3) is 0.259. The summed E-state index contributed by atoms with van der Waals surface area (Å²) in [5.41, 5.74) is 7.12. The summed E-state index contributed by atoms with van der Waals surface area (Å²) in [4.78, 5) is 31.2. The number of aromatic nitrogens is 3. The zero-order chi connectivity index (χ0) is 24.6. The van der Waals surface area contributed by atoms with Crippen LogP contribution in [0.2, 0.25) is 0 Å². The first-order chi connectivity index (χ1) is 17.6. The van der Waals surface area contributed by atoms with Crippen LogP contribution in [0.4, 0.5) is 23.3 Å². The van der Waals surface area contributed by atoms with Crippen LogP contribution in [0.25, 0.3) is 10.8 Å². The molecular weight excluding hydrogens is 454 g/mol. The third-order valence-corrected chi connectivity index (χ3v) is 7.05. The van der Waals surface area contributed by atoms with Gasteiger partial charge in [0.25, 0.3) is 5.91 Å². The second kappa shape index (κ2) is 8.99. The predicted octanol–water partition coefficient (Wildman–Crippen LogP) is 3.73. The molecule has 2 aliphatic heterocycles. The summed E-state index contributed by atoms with van der Waals surface area (Å²) in [6.07, 6.45) is 5.57. The Kier molecular flexibility index (Phi) is 5.52. The van der Waals surface area contributed by atoms with Crippen LogP contribution in [0, 0.1) is 0 Å². The van der Waals surface area contributed by atoms with Crippen molar-refractivity contribution in [2.45, 2.75) is 24.9 Å². The zero-order valence-electron chi connectivity index (χ0n) is 20.0. The van der Waals surface area contributed by atoms with Gasteiger partial charge >= 0.3 is 0 Å². The number of methoxy groups -OCH3 is 1. The lowest BCUT2D eigenvalue weighted by atomic mass is 10.1. The SMILES string of the molecule is COc1ccc(NC(=O)c2cnc(N3C4CCC3CN(c3cc5ccccc5cn3)C4)nc2N)cc1. The number of hydrogen-bond donors (Lipinski definition) is 2. The van der Waals surface area contributed by atoms with Crippen molar-refractivity contribution >= 4 is 40.0 Å². The molecule has 2 fully saturated rings. The molecule has 3 N–H and O–H groups in total. The Bertz CT molecular complexity index is 1410. The number of nitrogens with one attached hydrogen (secondary N) is 1. The summed E-state index contributed by atoms with van der Waals surface area (Å²) in [5.74, 6) is 2.11. The number of nitrogen functional groups attached to an aromatic ring is 1. The predicted molar refractivity (Wildman–Crippen MR) is 141 cm³/mol. The van der Waals surface area contributed by atoms with Crippen molar-refractivity contribution < 1.29 is 9.53 Å². The minimum absolute atomic E-state index is 0.170. The molecule has 2 aliphatic rings. The lowest BCUT2D eigenvalue weighted by Crippen LogP contribution is -2.54. The van der Waals surface area contributed by atoms with Gasteiger partial charge in [-0.2, -0.15) is 4.98 Å². The molecule has 0 radical (unpaired) electrons. The van der Waals surface area contributed by atoms with E-state index < -0.39 is 0 Å². The molecule has 4 aromatic rings. The van der Waals surface area contributed by atoms with E-state index in [0.717, 1.165) is 37.1 Å². The van der Waals surface area contributed by atoms with E-state index in [1.807, 2.05) is 12.3 Å². The number of benzene rings is 2. The number of carbonyl (C=O) groups is 1. The number of fused-ring (bicyclic) bond motifs is 3. The number of carbonyl (C=O) groups excluding carboxylic acids is 1. The number of ether oxygens (including phenoxy) is 1. The molecule has 182 valence electrons. The molecule has 0 spiro atoms. The fourth-order valence-electron chi connectivity index (χ4n) is 5.22. The van der Waals surface area contributed by atoms with Crippen LogP contribution >= 0.6 is 0 Å². The highest BCUT2D eigenvalue weighted by atomic mass is 16.5. The number of nitrogens with two attached hydrogens (primary N) is 1. The maximum atomic E-state index is 12.8. The average Bonchev–Trinajstić information content (AvgIpc) is 3.17. The molecule has 36 heavy (non-hydrogen) atoms. The number of nitrogens with zero attached hydrogens (tertiary/aromatic N) is 5. The molecular formula is C27H27N7O2. The van der Waals surface area contributed by atoms with Crippen molar-refractivity contribution in [1.29, 1.82) is 0 Å². The van der Waals surface area contributed by atoms with Crippen LogP contribution in [0.1, 0.15) is 23.2 Å². The van der Waals surface area contributed by atoms with Crippen molar-refractivity contribution in [3.63, 3.8) is 0 Å². The van der Waals surface area contributed by atoms with Gasteiger partial charge in [-0.1, -0.05) is 24.3 Å². The van der Waals surface area contributed by atoms with Gasteiger partial charge in [0.2, 0.25) is 5.95 Å². The topological polar surface area (TPSA) is 110 Å². The van der Waals surface area contributed by atoms with Crippen LogP contribution < -0.4 is 25.6 Å². The minimum atomic E-state index is -0.348. The highest BCUT2D eigenvalue weighted by Gasteiger charge is 2.42. The average molecular weight is 482 g/mol. The third-order valence-electron chi connectivity index (χ3n) is 7.05. The summed E-state index contributed by atoms with van der Waals surface area (Å²) in [5, 5.41) is 5.17. The second-order valence-corrected chi connectivity index (χ2v) is 9.24. The monoisotopic (exact) mass is 481 g/mol. The normalized spacial score (nSPS) is 18.9. The van der Waals surface area contributed by atoms with E-state index in [9.17, 15) is 4.79 Å². The number of pyridine rings is 1. The molecule has 2 saturated heterocycles. The van der Waals surface area contributed by atoms with Crippen LogP contribution in [0.3, 0.4) is 0 Å². The summed E-state index contributed by atoms with van der Waals surface area (Å²) >= 11 is 0. The first-order valence-corrected chi connectivity index (χ1v) is 12.0. The second-order valence-electron chi connectivity index (χ2n) is 9.24. The lowest BCUT2D eigenvalue weighted by Gasteiger charge is -2.41. The minimum Gasteiger partial charge on any atom is -0.497 e. The van der Waals surface area contributed by atoms with Crippen LogP contribution in [0.15, 0.2) is 67.0 Å². The first-order valence-electron chi connectivity index (χ1n) is 12.0. The Labute approximate surface area is 208 Å². The van der Waals surface area contributed by atoms with Crippen molar-refractivity contribution in [2.75, 3.05) is 41.0 Å². The Morgan fingerprint density at radius 2 is 1.72 bits per heavy atom.